The predicted octanol–water partition coefficient (Wildman–Crippen LogP) is 2.73. The summed E-state index contributed by atoms with van der Waals surface area (Å²) >= 11 is 0. The molecule has 4 nitrogen and oxygen atoms in total. The van der Waals surface area contributed by atoms with Crippen molar-refractivity contribution in [2.45, 2.75) is 45.8 Å². The summed E-state index contributed by atoms with van der Waals surface area (Å²) in [7, 11) is 1.63. The molecule has 0 saturated carbocycles. The molecule has 0 aliphatic rings. The molecule has 0 spiro atoms. The minimum atomic E-state index is -0.715. The Kier molecular flexibility index (Phi) is 6.82. The average Bonchev–Trinajstić information content (AvgIpc) is 2.38. The van der Waals surface area contributed by atoms with Crippen LogP contribution in [0.2, 0.25) is 0 Å². The summed E-state index contributed by atoms with van der Waals surface area (Å²) in [4.78, 5) is 0. The Labute approximate surface area is 122 Å². The summed E-state index contributed by atoms with van der Waals surface area (Å²) in [6.07, 6.45) is 1.69. The van der Waals surface area contributed by atoms with Gasteiger partial charge in [-0.2, -0.15) is 0 Å². The molecule has 1 rings (SSSR count). The third kappa shape index (κ3) is 6.26. The van der Waals surface area contributed by atoms with Crippen LogP contribution in [0.3, 0.4) is 0 Å². The fourth-order valence-corrected chi connectivity index (χ4v) is 1.76. The van der Waals surface area contributed by atoms with Crippen LogP contribution in [0.25, 0.3) is 0 Å². The van der Waals surface area contributed by atoms with Crippen molar-refractivity contribution in [3.05, 3.63) is 23.8 Å². The summed E-state index contributed by atoms with van der Waals surface area (Å²) in [5.41, 5.74) is 0.450. The molecular formula is C16H27NO3. The van der Waals surface area contributed by atoms with Crippen molar-refractivity contribution < 1.29 is 14.6 Å². The SMILES string of the molecule is CCCNCc1ccc(OC)c(OCCC(C)(C)O)c1. The standard InChI is InChI=1S/C16H27NO3/c1-5-9-17-12-13-6-7-14(19-4)15(11-13)20-10-8-16(2,3)18/h6-7,11,17-18H,5,8-10,12H2,1-4H3. The molecule has 0 bridgehead atoms. The fourth-order valence-electron chi connectivity index (χ4n) is 1.76. The number of nitrogens with one attached hydrogen (secondary N) is 1. The van der Waals surface area contributed by atoms with E-state index >= 15 is 0 Å². The second kappa shape index (κ2) is 8.12. The van der Waals surface area contributed by atoms with Gasteiger partial charge in [-0.1, -0.05) is 13.0 Å². The molecule has 4 heteroatoms. The highest BCUT2D eigenvalue weighted by Crippen LogP contribution is 2.28. The van der Waals surface area contributed by atoms with Gasteiger partial charge >= 0.3 is 0 Å². The van der Waals surface area contributed by atoms with Gasteiger partial charge in [-0.05, 0) is 44.5 Å². The van der Waals surface area contributed by atoms with Gasteiger partial charge in [-0.3, -0.25) is 0 Å². The highest BCUT2D eigenvalue weighted by Gasteiger charge is 2.13. The van der Waals surface area contributed by atoms with Gasteiger partial charge in [-0.15, -0.1) is 0 Å². The van der Waals surface area contributed by atoms with Gasteiger partial charge in [0.15, 0.2) is 11.5 Å². The van der Waals surface area contributed by atoms with E-state index in [2.05, 4.69) is 12.2 Å². The minimum absolute atomic E-state index is 0.464. The number of hydrogen-bond donors (Lipinski definition) is 2. The van der Waals surface area contributed by atoms with E-state index in [1.807, 2.05) is 18.2 Å². The largest absolute Gasteiger partial charge is 0.493 e. The van der Waals surface area contributed by atoms with Gasteiger partial charge in [-0.25, -0.2) is 0 Å². The zero-order chi connectivity index (χ0) is 15.0. The van der Waals surface area contributed by atoms with E-state index < -0.39 is 5.60 Å². The lowest BCUT2D eigenvalue weighted by Crippen LogP contribution is -2.22. The molecule has 1 aromatic rings. The molecule has 0 saturated heterocycles. The lowest BCUT2D eigenvalue weighted by atomic mass is 10.1. The number of benzene rings is 1. The molecule has 0 aliphatic heterocycles. The Balaban J connectivity index is 2.63. The smallest absolute Gasteiger partial charge is 0.161 e. The number of aliphatic hydroxyl groups is 1. The Bertz CT molecular complexity index is 399. The maximum atomic E-state index is 9.70. The third-order valence-corrected chi connectivity index (χ3v) is 2.96. The molecule has 20 heavy (non-hydrogen) atoms. The highest BCUT2D eigenvalue weighted by molar-refractivity contribution is 5.42. The second-order valence-electron chi connectivity index (χ2n) is 5.57. The molecule has 0 fully saturated rings. The van der Waals surface area contributed by atoms with Gasteiger partial charge < -0.3 is 19.9 Å². The van der Waals surface area contributed by atoms with Crippen LogP contribution in [-0.4, -0.2) is 31.0 Å². The average molecular weight is 281 g/mol. The summed E-state index contributed by atoms with van der Waals surface area (Å²) < 4.78 is 11.0. The van der Waals surface area contributed by atoms with Gasteiger partial charge in [0, 0.05) is 13.0 Å². The number of ether oxygens (including phenoxy) is 2. The van der Waals surface area contributed by atoms with Crippen molar-refractivity contribution in [2.75, 3.05) is 20.3 Å². The van der Waals surface area contributed by atoms with Crippen LogP contribution in [0, 0.1) is 0 Å². The van der Waals surface area contributed by atoms with Crippen molar-refractivity contribution in [3.8, 4) is 11.5 Å². The summed E-state index contributed by atoms with van der Waals surface area (Å²) in [5.74, 6) is 1.45. The van der Waals surface area contributed by atoms with Crippen molar-refractivity contribution in [2.24, 2.45) is 0 Å². The maximum absolute atomic E-state index is 9.70. The van der Waals surface area contributed by atoms with E-state index in [1.165, 1.54) is 0 Å². The normalized spacial score (nSPS) is 11.4. The van der Waals surface area contributed by atoms with Crippen LogP contribution in [0.4, 0.5) is 0 Å². The van der Waals surface area contributed by atoms with E-state index in [0.29, 0.717) is 13.0 Å². The first kappa shape index (κ1) is 16.8. The summed E-state index contributed by atoms with van der Waals surface area (Å²) in [5, 5.41) is 13.1. The van der Waals surface area contributed by atoms with E-state index in [1.54, 1.807) is 21.0 Å². The van der Waals surface area contributed by atoms with Crippen LogP contribution in [0.1, 0.15) is 39.2 Å². The second-order valence-corrected chi connectivity index (χ2v) is 5.57. The van der Waals surface area contributed by atoms with Crippen molar-refractivity contribution >= 4 is 0 Å². The Hall–Kier alpha value is -1.26. The Morgan fingerprint density at radius 2 is 2.00 bits per heavy atom. The summed E-state index contributed by atoms with van der Waals surface area (Å²) in [6, 6.07) is 5.94. The molecule has 1 aromatic carbocycles. The first-order valence-corrected chi connectivity index (χ1v) is 7.19. The molecule has 0 aliphatic carbocycles. The molecule has 0 atom stereocenters. The number of methoxy groups -OCH3 is 1. The maximum Gasteiger partial charge on any atom is 0.161 e. The lowest BCUT2D eigenvalue weighted by Gasteiger charge is -2.18. The van der Waals surface area contributed by atoms with Gasteiger partial charge in [0.1, 0.15) is 0 Å². The third-order valence-electron chi connectivity index (χ3n) is 2.96. The Morgan fingerprint density at radius 1 is 1.25 bits per heavy atom. The monoisotopic (exact) mass is 281 g/mol. The predicted molar refractivity (Wildman–Crippen MR) is 81.4 cm³/mol. The minimum Gasteiger partial charge on any atom is -0.493 e. The molecular weight excluding hydrogens is 254 g/mol. The highest BCUT2D eigenvalue weighted by atomic mass is 16.5. The van der Waals surface area contributed by atoms with Crippen LogP contribution in [0.15, 0.2) is 18.2 Å². The zero-order valence-corrected chi connectivity index (χ0v) is 13.0. The fraction of sp³-hybridized carbons (Fsp3) is 0.625. The van der Waals surface area contributed by atoms with E-state index in [0.717, 1.165) is 36.6 Å². The van der Waals surface area contributed by atoms with Crippen LogP contribution in [-0.2, 0) is 6.54 Å². The molecule has 114 valence electrons. The molecule has 0 amide bonds. The van der Waals surface area contributed by atoms with Crippen LogP contribution >= 0.6 is 0 Å². The van der Waals surface area contributed by atoms with E-state index in [4.69, 9.17) is 9.47 Å². The number of rotatable bonds is 9. The van der Waals surface area contributed by atoms with Crippen molar-refractivity contribution in [1.29, 1.82) is 0 Å². The topological polar surface area (TPSA) is 50.7 Å². The van der Waals surface area contributed by atoms with E-state index in [9.17, 15) is 5.11 Å². The molecule has 0 heterocycles. The zero-order valence-electron chi connectivity index (χ0n) is 13.0. The van der Waals surface area contributed by atoms with Crippen molar-refractivity contribution in [1.82, 2.24) is 5.32 Å². The molecule has 0 unspecified atom stereocenters. The van der Waals surface area contributed by atoms with Gasteiger partial charge in [0.05, 0.1) is 19.3 Å². The van der Waals surface area contributed by atoms with Gasteiger partial charge in [0.2, 0.25) is 0 Å². The quantitative estimate of drug-likeness (QED) is 0.683. The van der Waals surface area contributed by atoms with Crippen LogP contribution < -0.4 is 14.8 Å². The summed E-state index contributed by atoms with van der Waals surface area (Å²) in [6.45, 7) is 7.98. The first-order chi connectivity index (χ1) is 9.46. The molecule has 0 aromatic heterocycles. The Morgan fingerprint density at radius 3 is 2.60 bits per heavy atom. The molecule has 0 radical (unpaired) electrons. The van der Waals surface area contributed by atoms with Gasteiger partial charge in [0.25, 0.3) is 0 Å². The van der Waals surface area contributed by atoms with Crippen LogP contribution in [0.5, 0.6) is 11.5 Å². The molecule has 2 N–H and O–H groups in total. The first-order valence-electron chi connectivity index (χ1n) is 7.19. The van der Waals surface area contributed by atoms with E-state index in [-0.39, 0.29) is 0 Å². The van der Waals surface area contributed by atoms with Crippen molar-refractivity contribution in [3.63, 3.8) is 0 Å². The lowest BCUT2D eigenvalue weighted by molar-refractivity contribution is 0.0549. The number of hydrogen-bond acceptors (Lipinski definition) is 4.